The normalized spacial score (nSPS) is 10.6. The zero-order chi connectivity index (χ0) is 22.9. The summed E-state index contributed by atoms with van der Waals surface area (Å²) >= 11 is 3.93. The Morgan fingerprint density at radius 2 is 1.50 bits per heavy atom. The number of halogens is 1. The number of carbonyl (C=O) groups is 1. The molecule has 0 aromatic heterocycles. The molecule has 0 bridgehead atoms. The fourth-order valence-electron chi connectivity index (χ4n) is 3.29. The zero-order valence-electron chi connectivity index (χ0n) is 18.3. The quantitative estimate of drug-likeness (QED) is 0.213. The maximum absolute atomic E-state index is 10.7. The van der Waals surface area contributed by atoms with Gasteiger partial charge in [-0.25, -0.2) is 4.79 Å². The van der Waals surface area contributed by atoms with Gasteiger partial charge in [-0.2, -0.15) is 0 Å². The highest BCUT2D eigenvalue weighted by molar-refractivity contribution is 14.1. The molecule has 0 spiro atoms. The number of carboxylic acids is 1. The molecule has 0 amide bonds. The van der Waals surface area contributed by atoms with Crippen LogP contribution in [0.2, 0.25) is 0 Å². The molecule has 0 saturated carbocycles. The Labute approximate surface area is 208 Å². The van der Waals surface area contributed by atoms with Gasteiger partial charge in [0.1, 0.15) is 5.75 Å². The second-order valence-corrected chi connectivity index (χ2v) is 9.56. The van der Waals surface area contributed by atoms with Gasteiger partial charge in [-0.1, -0.05) is 68.5 Å². The van der Waals surface area contributed by atoms with Crippen molar-refractivity contribution in [3.8, 4) is 5.75 Å². The predicted octanol–water partition coefficient (Wildman–Crippen LogP) is 7.10. The van der Waals surface area contributed by atoms with Gasteiger partial charge >= 0.3 is 5.97 Å². The summed E-state index contributed by atoms with van der Waals surface area (Å²) in [5.41, 5.74) is 6.35. The lowest BCUT2D eigenvalue weighted by atomic mass is 9.95. The molecule has 0 aliphatic heterocycles. The summed E-state index contributed by atoms with van der Waals surface area (Å²) in [4.78, 5) is 11.8. The van der Waals surface area contributed by atoms with E-state index in [2.05, 4.69) is 91.0 Å². The molecular weight excluding hydrogens is 531 g/mol. The highest BCUT2D eigenvalue weighted by atomic mass is 127. The molecule has 0 aliphatic carbocycles. The monoisotopic (exact) mass is 558 g/mol. The maximum atomic E-state index is 10.7. The fourth-order valence-corrected chi connectivity index (χ4v) is 4.98. The van der Waals surface area contributed by atoms with Crippen molar-refractivity contribution in [2.45, 2.75) is 31.6 Å². The van der Waals surface area contributed by atoms with Crippen LogP contribution in [-0.4, -0.2) is 23.4 Å². The van der Waals surface area contributed by atoms with E-state index in [1.807, 2.05) is 18.2 Å². The van der Waals surface area contributed by atoms with Crippen molar-refractivity contribution in [3.63, 3.8) is 0 Å². The first-order chi connectivity index (χ1) is 15.5. The Morgan fingerprint density at radius 1 is 0.938 bits per heavy atom. The van der Waals surface area contributed by atoms with Crippen LogP contribution in [-0.2, 0) is 17.6 Å². The molecule has 3 aromatic carbocycles. The lowest BCUT2D eigenvalue weighted by molar-refractivity contribution is -0.139. The molecule has 1 N–H and O–H groups in total. The molecular formula is C27H27IO3S. The number of hydrogen-bond donors (Lipinski definition) is 1. The van der Waals surface area contributed by atoms with Gasteiger partial charge in [-0.15, -0.1) is 11.8 Å². The van der Waals surface area contributed by atoms with E-state index in [1.165, 1.54) is 27.8 Å². The van der Waals surface area contributed by atoms with Crippen LogP contribution >= 0.6 is 34.4 Å². The summed E-state index contributed by atoms with van der Waals surface area (Å²) in [7, 11) is 0. The lowest BCUT2D eigenvalue weighted by Crippen LogP contribution is -2.10. The number of aryl methyl sites for hydroxylation is 2. The Bertz CT molecular complexity index is 1020. The van der Waals surface area contributed by atoms with Gasteiger partial charge in [0.2, 0.25) is 0 Å². The minimum Gasteiger partial charge on any atom is -0.481 e. The molecule has 0 aliphatic rings. The molecule has 3 nitrogen and oxygen atoms in total. The number of thioether (sulfide) groups is 1. The summed E-state index contributed by atoms with van der Waals surface area (Å²) < 4.78 is 6.23. The van der Waals surface area contributed by atoms with Crippen molar-refractivity contribution >= 4 is 45.9 Å². The second kappa shape index (κ2) is 12.1. The lowest BCUT2D eigenvalue weighted by Gasteiger charge is -2.11. The van der Waals surface area contributed by atoms with Crippen molar-refractivity contribution in [1.82, 2.24) is 0 Å². The van der Waals surface area contributed by atoms with Gasteiger partial charge in [0, 0.05) is 10.6 Å². The third kappa shape index (κ3) is 6.87. The van der Waals surface area contributed by atoms with Crippen LogP contribution in [0.3, 0.4) is 0 Å². The van der Waals surface area contributed by atoms with E-state index in [0.29, 0.717) is 5.75 Å². The largest absolute Gasteiger partial charge is 0.481 e. The molecule has 5 heteroatoms. The third-order valence-electron chi connectivity index (χ3n) is 5.14. The topological polar surface area (TPSA) is 46.5 Å². The van der Waals surface area contributed by atoms with E-state index >= 15 is 0 Å². The van der Waals surface area contributed by atoms with Gasteiger partial charge in [-0.3, -0.25) is 0 Å². The van der Waals surface area contributed by atoms with Crippen LogP contribution in [0.15, 0.2) is 77.7 Å². The zero-order valence-corrected chi connectivity index (χ0v) is 21.3. The average molecular weight is 558 g/mol. The van der Waals surface area contributed by atoms with Gasteiger partial charge < -0.3 is 9.84 Å². The molecule has 0 saturated heterocycles. The molecule has 0 fully saturated rings. The summed E-state index contributed by atoms with van der Waals surface area (Å²) in [6.07, 6.45) is 4.35. The van der Waals surface area contributed by atoms with Crippen LogP contribution in [0, 0.1) is 3.57 Å². The molecule has 0 unspecified atom stereocenters. The minimum atomic E-state index is -0.976. The van der Waals surface area contributed by atoms with E-state index in [1.54, 1.807) is 11.8 Å². The number of benzene rings is 3. The fraction of sp³-hybridized carbons (Fsp3) is 0.222. The Hall–Kier alpha value is -2.25. The Morgan fingerprint density at radius 3 is 1.97 bits per heavy atom. The smallest absolute Gasteiger partial charge is 0.341 e. The van der Waals surface area contributed by atoms with Gasteiger partial charge in [-0.05, 0) is 81.5 Å². The number of rotatable bonds is 10. The summed E-state index contributed by atoms with van der Waals surface area (Å²) in [6, 6.07) is 23.5. The number of carboxylic acid groups (broad SMARTS) is 1. The molecule has 166 valence electrons. The molecule has 0 atom stereocenters. The first-order valence-corrected chi connectivity index (χ1v) is 12.7. The van der Waals surface area contributed by atoms with Crippen molar-refractivity contribution < 1.29 is 14.6 Å². The van der Waals surface area contributed by atoms with E-state index in [0.717, 1.165) is 27.1 Å². The van der Waals surface area contributed by atoms with Gasteiger partial charge in [0.05, 0.1) is 3.57 Å². The van der Waals surface area contributed by atoms with Crippen LogP contribution in [0.25, 0.3) is 5.57 Å². The molecule has 0 radical (unpaired) electrons. The van der Waals surface area contributed by atoms with E-state index in [-0.39, 0.29) is 6.61 Å². The SMILES string of the molecule is CCc1ccc(C(=CCSc2ccc(OCC(=O)O)c(I)c2)c2ccc(CC)cc2)cc1. The summed E-state index contributed by atoms with van der Waals surface area (Å²) in [5.74, 6) is 0.447. The standard InChI is InChI=1S/C27H27IO3S/c1-3-19-5-9-21(10-6-19)24(22-11-7-20(4-2)8-12-22)15-16-32-23-13-14-26(25(28)17-23)31-18-27(29)30/h5-15,17H,3-4,16,18H2,1-2H3,(H,29,30). The van der Waals surface area contributed by atoms with Crippen LogP contribution in [0.5, 0.6) is 5.75 Å². The highest BCUT2D eigenvalue weighted by Crippen LogP contribution is 2.30. The van der Waals surface area contributed by atoms with Gasteiger partial charge in [0.15, 0.2) is 6.61 Å². The van der Waals surface area contributed by atoms with Crippen molar-refractivity contribution in [2.24, 2.45) is 0 Å². The van der Waals surface area contributed by atoms with E-state index in [9.17, 15) is 4.79 Å². The van der Waals surface area contributed by atoms with Gasteiger partial charge in [0.25, 0.3) is 0 Å². The molecule has 3 rings (SSSR count). The van der Waals surface area contributed by atoms with Crippen LogP contribution in [0.4, 0.5) is 0 Å². The van der Waals surface area contributed by atoms with Crippen molar-refractivity contribution in [1.29, 1.82) is 0 Å². The number of hydrogen-bond acceptors (Lipinski definition) is 3. The van der Waals surface area contributed by atoms with E-state index in [4.69, 9.17) is 9.84 Å². The Kier molecular flexibility index (Phi) is 9.23. The maximum Gasteiger partial charge on any atom is 0.341 e. The molecule has 3 aromatic rings. The predicted molar refractivity (Wildman–Crippen MR) is 142 cm³/mol. The van der Waals surface area contributed by atoms with E-state index < -0.39 is 5.97 Å². The summed E-state index contributed by atoms with van der Waals surface area (Å²) in [6.45, 7) is 4.01. The first-order valence-electron chi connectivity index (χ1n) is 10.7. The van der Waals surface area contributed by atoms with Crippen molar-refractivity contribution in [2.75, 3.05) is 12.4 Å². The first kappa shape index (κ1) is 24.4. The van der Waals surface area contributed by atoms with Crippen LogP contribution in [0.1, 0.15) is 36.1 Å². The van der Waals surface area contributed by atoms with Crippen molar-refractivity contribution in [3.05, 3.63) is 98.6 Å². The second-order valence-electron chi connectivity index (χ2n) is 7.30. The average Bonchev–Trinajstić information content (AvgIpc) is 2.81. The van der Waals surface area contributed by atoms with Crippen LogP contribution < -0.4 is 4.74 Å². The number of ether oxygens (including phenoxy) is 1. The highest BCUT2D eigenvalue weighted by Gasteiger charge is 2.08. The minimum absolute atomic E-state index is 0.331. The molecule has 32 heavy (non-hydrogen) atoms. The molecule has 0 heterocycles. The third-order valence-corrected chi connectivity index (χ3v) is 6.90. The summed E-state index contributed by atoms with van der Waals surface area (Å²) in [5, 5.41) is 8.80. The Balaban J connectivity index is 1.79. The number of aliphatic carboxylic acids is 1.